The number of nitriles is 1. The van der Waals surface area contributed by atoms with Crippen LogP contribution in [0.2, 0.25) is 0 Å². The van der Waals surface area contributed by atoms with E-state index in [1.165, 1.54) is 0 Å². The molecule has 2 N–H and O–H groups in total. The summed E-state index contributed by atoms with van der Waals surface area (Å²) >= 11 is 0. The highest BCUT2D eigenvalue weighted by molar-refractivity contribution is 5.74. The summed E-state index contributed by atoms with van der Waals surface area (Å²) < 4.78 is 6.31. The quantitative estimate of drug-likeness (QED) is 0.480. The molecule has 2 fully saturated rings. The van der Waals surface area contributed by atoms with E-state index < -0.39 is 0 Å². The normalized spacial score (nSPS) is 20.3. The molecule has 2 saturated heterocycles. The number of carbonyl (C=O) groups is 1. The molecule has 3 unspecified atom stereocenters. The molecule has 2 aliphatic rings. The third-order valence-electron chi connectivity index (χ3n) is 7.14. The van der Waals surface area contributed by atoms with Crippen molar-refractivity contribution in [1.82, 2.24) is 15.1 Å². The third-order valence-corrected chi connectivity index (χ3v) is 7.14. The predicted octanol–water partition coefficient (Wildman–Crippen LogP) is 4.82. The van der Waals surface area contributed by atoms with Crippen LogP contribution in [-0.4, -0.2) is 59.2 Å². The van der Waals surface area contributed by atoms with Crippen LogP contribution in [0.3, 0.4) is 0 Å². The molecule has 0 aromatic heterocycles. The molecule has 2 aliphatic heterocycles. The molecule has 0 radical (unpaired) electrons. The van der Waals surface area contributed by atoms with Crippen molar-refractivity contribution >= 4 is 6.03 Å². The summed E-state index contributed by atoms with van der Waals surface area (Å²) in [6.07, 6.45) is 6.06. The minimum atomic E-state index is -0.143. The maximum Gasteiger partial charge on any atom is 0.317 e. The fraction of sp³-hybridized carbons (Fsp3) is 0.500. The van der Waals surface area contributed by atoms with Gasteiger partial charge in [0.2, 0.25) is 0 Å². The Balaban J connectivity index is 1.34. The number of carbonyl (C=O) groups excluding carboxylic acids is 1. The van der Waals surface area contributed by atoms with Crippen LogP contribution in [0.15, 0.2) is 48.5 Å². The molecule has 7 nitrogen and oxygen atoms in total. The lowest BCUT2D eigenvalue weighted by Gasteiger charge is -2.41. The monoisotopic (exact) mass is 476 g/mol. The average molecular weight is 477 g/mol. The summed E-state index contributed by atoms with van der Waals surface area (Å²) in [7, 11) is 0. The third kappa shape index (κ3) is 6.46. The van der Waals surface area contributed by atoms with Gasteiger partial charge in [0.15, 0.2) is 0 Å². The molecule has 0 aliphatic carbocycles. The van der Waals surface area contributed by atoms with E-state index in [1.807, 2.05) is 29.2 Å². The molecule has 2 bridgehead atoms. The molecule has 2 aromatic carbocycles. The minimum absolute atomic E-state index is 0.0816. The Kier molecular flexibility index (Phi) is 8.49. The minimum Gasteiger partial charge on any atom is -0.508 e. The van der Waals surface area contributed by atoms with Gasteiger partial charge in [-0.3, -0.25) is 4.90 Å². The molecule has 186 valence electrons. The number of likely N-dealkylation sites (tertiary alicyclic amines) is 1. The summed E-state index contributed by atoms with van der Waals surface area (Å²) in [6.45, 7) is 5.47. The zero-order valence-electron chi connectivity index (χ0n) is 20.5. The maximum absolute atomic E-state index is 12.5. The number of aromatic hydroxyl groups is 1. The Morgan fingerprint density at radius 3 is 2.43 bits per heavy atom. The number of hydrogen-bond acceptors (Lipinski definition) is 5. The smallest absolute Gasteiger partial charge is 0.317 e. The lowest BCUT2D eigenvalue weighted by Crippen LogP contribution is -2.57. The standard InChI is InChI=1S/C28H36N4O3/c1-2-3-16-30-28(34)31-19-23-10-11-24(20-31)32(23)17-4-5-27(22-8-6-21(18-29)7-9-22)35-26-14-12-25(33)13-15-26/h6-9,12-15,23-24,27,33H,2-5,10-11,16-17,19-20H2,1H3,(H,30,34). The number of piperazine rings is 1. The van der Waals surface area contributed by atoms with Gasteiger partial charge in [0.05, 0.1) is 11.6 Å². The molecule has 2 heterocycles. The van der Waals surface area contributed by atoms with Crippen LogP contribution in [0, 0.1) is 11.3 Å². The molecular formula is C28H36N4O3. The zero-order chi connectivity index (χ0) is 24.6. The molecule has 2 aromatic rings. The van der Waals surface area contributed by atoms with Gasteiger partial charge in [0.1, 0.15) is 17.6 Å². The van der Waals surface area contributed by atoms with E-state index in [9.17, 15) is 9.90 Å². The van der Waals surface area contributed by atoms with Crippen molar-refractivity contribution in [3.05, 3.63) is 59.7 Å². The van der Waals surface area contributed by atoms with E-state index in [1.54, 1.807) is 24.3 Å². The van der Waals surface area contributed by atoms with E-state index in [0.29, 0.717) is 23.4 Å². The second kappa shape index (κ2) is 11.9. The predicted molar refractivity (Wildman–Crippen MR) is 135 cm³/mol. The van der Waals surface area contributed by atoms with Crippen LogP contribution in [0.1, 0.15) is 62.7 Å². The van der Waals surface area contributed by atoms with Crippen LogP contribution < -0.4 is 10.1 Å². The largest absolute Gasteiger partial charge is 0.508 e. The first kappa shape index (κ1) is 24.9. The van der Waals surface area contributed by atoms with Gasteiger partial charge in [-0.1, -0.05) is 25.5 Å². The number of unbranched alkanes of at least 4 members (excludes halogenated alkanes) is 1. The topological polar surface area (TPSA) is 88.8 Å². The van der Waals surface area contributed by atoms with E-state index >= 15 is 0 Å². The fourth-order valence-corrected chi connectivity index (χ4v) is 5.22. The maximum atomic E-state index is 12.5. The van der Waals surface area contributed by atoms with Crippen molar-refractivity contribution in [1.29, 1.82) is 5.26 Å². The van der Waals surface area contributed by atoms with E-state index in [0.717, 1.165) is 70.3 Å². The summed E-state index contributed by atoms with van der Waals surface area (Å²) in [6, 6.07) is 17.5. The number of benzene rings is 2. The van der Waals surface area contributed by atoms with Crippen LogP contribution >= 0.6 is 0 Å². The van der Waals surface area contributed by atoms with Gasteiger partial charge in [-0.15, -0.1) is 0 Å². The Morgan fingerprint density at radius 2 is 1.80 bits per heavy atom. The molecule has 3 atom stereocenters. The Labute approximate surface area is 208 Å². The molecule has 7 heteroatoms. The number of fused-ring (bicyclic) bond motifs is 2. The van der Waals surface area contributed by atoms with Crippen LogP contribution in [-0.2, 0) is 0 Å². The second-order valence-electron chi connectivity index (χ2n) is 9.59. The average Bonchev–Trinajstić information content (AvgIpc) is 3.11. The SMILES string of the molecule is CCCCNC(=O)N1CC2CCC(C1)N2CCCC(Oc1ccc(O)cc1)c1ccc(C#N)cc1. The highest BCUT2D eigenvalue weighted by Gasteiger charge is 2.40. The van der Waals surface area contributed by atoms with Crippen molar-refractivity contribution in [2.75, 3.05) is 26.2 Å². The first-order valence-corrected chi connectivity index (χ1v) is 12.8. The number of nitrogens with zero attached hydrogens (tertiary/aromatic N) is 3. The lowest BCUT2D eigenvalue weighted by molar-refractivity contribution is 0.0773. The number of amides is 2. The van der Waals surface area contributed by atoms with E-state index in [-0.39, 0.29) is 17.9 Å². The highest BCUT2D eigenvalue weighted by Crippen LogP contribution is 2.32. The summed E-state index contributed by atoms with van der Waals surface area (Å²) in [5, 5.41) is 21.8. The molecule has 0 saturated carbocycles. The summed E-state index contributed by atoms with van der Waals surface area (Å²) in [4.78, 5) is 17.1. The van der Waals surface area contributed by atoms with Gasteiger partial charge in [0.25, 0.3) is 0 Å². The Morgan fingerprint density at radius 1 is 1.11 bits per heavy atom. The van der Waals surface area contributed by atoms with Gasteiger partial charge in [0, 0.05) is 31.7 Å². The molecular weight excluding hydrogens is 440 g/mol. The molecule has 35 heavy (non-hydrogen) atoms. The number of phenols is 1. The van der Waals surface area contributed by atoms with Crippen molar-refractivity contribution in [2.45, 2.75) is 63.6 Å². The first-order chi connectivity index (χ1) is 17.1. The van der Waals surface area contributed by atoms with E-state index in [2.05, 4.69) is 23.2 Å². The Bertz CT molecular complexity index is 988. The van der Waals surface area contributed by atoms with Crippen molar-refractivity contribution in [3.63, 3.8) is 0 Å². The number of phenolic OH excluding ortho intramolecular Hbond substituents is 1. The van der Waals surface area contributed by atoms with Gasteiger partial charge in [-0.2, -0.15) is 5.26 Å². The van der Waals surface area contributed by atoms with Gasteiger partial charge in [-0.05, 0) is 80.6 Å². The number of hydrogen-bond donors (Lipinski definition) is 2. The second-order valence-corrected chi connectivity index (χ2v) is 9.59. The number of rotatable bonds is 10. The highest BCUT2D eigenvalue weighted by atomic mass is 16.5. The van der Waals surface area contributed by atoms with Gasteiger partial charge >= 0.3 is 6.03 Å². The van der Waals surface area contributed by atoms with Crippen molar-refractivity contribution < 1.29 is 14.6 Å². The van der Waals surface area contributed by atoms with Crippen molar-refractivity contribution in [2.24, 2.45) is 0 Å². The van der Waals surface area contributed by atoms with Gasteiger partial charge in [-0.25, -0.2) is 4.79 Å². The van der Waals surface area contributed by atoms with Crippen LogP contribution in [0.5, 0.6) is 11.5 Å². The fourth-order valence-electron chi connectivity index (χ4n) is 5.22. The first-order valence-electron chi connectivity index (χ1n) is 12.8. The van der Waals surface area contributed by atoms with Gasteiger partial charge < -0.3 is 20.1 Å². The molecule has 0 spiro atoms. The van der Waals surface area contributed by atoms with E-state index in [4.69, 9.17) is 10.00 Å². The summed E-state index contributed by atoms with van der Waals surface area (Å²) in [5.74, 6) is 0.917. The molecule has 4 rings (SSSR count). The van der Waals surface area contributed by atoms with Crippen molar-refractivity contribution in [3.8, 4) is 17.6 Å². The lowest BCUT2D eigenvalue weighted by atomic mass is 10.0. The number of urea groups is 1. The van der Waals surface area contributed by atoms with Crippen LogP contribution in [0.25, 0.3) is 0 Å². The molecule has 2 amide bonds. The van der Waals surface area contributed by atoms with Crippen LogP contribution in [0.4, 0.5) is 4.79 Å². The zero-order valence-corrected chi connectivity index (χ0v) is 20.5. The summed E-state index contributed by atoms with van der Waals surface area (Å²) in [5.41, 5.74) is 1.67. The number of ether oxygens (including phenoxy) is 1. The Hall–Kier alpha value is -3.24. The number of nitrogens with one attached hydrogen (secondary N) is 1.